The van der Waals surface area contributed by atoms with Crippen LogP contribution in [0.2, 0.25) is 0 Å². The van der Waals surface area contributed by atoms with Crippen LogP contribution in [0.1, 0.15) is 51.7 Å². The molecular weight excluding hydrogens is 476 g/mol. The summed E-state index contributed by atoms with van der Waals surface area (Å²) in [6.07, 6.45) is 0.827. The van der Waals surface area contributed by atoms with Crippen LogP contribution in [0.25, 0.3) is 0 Å². The van der Waals surface area contributed by atoms with E-state index in [1.807, 2.05) is 36.4 Å². The second-order valence-electron chi connectivity index (χ2n) is 9.75. The molecule has 2 aromatic rings. The van der Waals surface area contributed by atoms with Gasteiger partial charge in [-0.15, -0.1) is 0 Å². The number of nitrogens with one attached hydrogen (secondary N) is 1. The van der Waals surface area contributed by atoms with E-state index in [-0.39, 0.29) is 25.7 Å². The number of anilines is 2. The molecule has 9 heteroatoms. The van der Waals surface area contributed by atoms with Crippen molar-refractivity contribution >= 4 is 29.4 Å². The number of methoxy groups -OCH3 is 1. The summed E-state index contributed by atoms with van der Waals surface area (Å²) >= 11 is 0. The molecule has 1 atom stereocenters. The molecule has 0 unspecified atom stereocenters. The van der Waals surface area contributed by atoms with E-state index in [9.17, 15) is 14.4 Å². The molecule has 0 bridgehead atoms. The Balaban J connectivity index is 2.03. The minimum Gasteiger partial charge on any atom is -0.487 e. The van der Waals surface area contributed by atoms with Crippen molar-refractivity contribution < 1.29 is 33.3 Å². The van der Waals surface area contributed by atoms with E-state index < -0.39 is 23.6 Å². The zero-order valence-corrected chi connectivity index (χ0v) is 22.1. The van der Waals surface area contributed by atoms with Crippen molar-refractivity contribution in [1.29, 1.82) is 0 Å². The fourth-order valence-corrected chi connectivity index (χ4v) is 3.85. The van der Waals surface area contributed by atoms with Gasteiger partial charge in [0.2, 0.25) is 0 Å². The van der Waals surface area contributed by atoms with Crippen LogP contribution in [0, 0.1) is 0 Å². The van der Waals surface area contributed by atoms with Crippen molar-refractivity contribution in [3.05, 3.63) is 65.4 Å². The van der Waals surface area contributed by atoms with Gasteiger partial charge in [0.05, 0.1) is 25.1 Å². The van der Waals surface area contributed by atoms with Gasteiger partial charge < -0.3 is 24.3 Å². The first kappa shape index (κ1) is 27.6. The first-order chi connectivity index (χ1) is 17.5. The number of benzene rings is 2. The van der Waals surface area contributed by atoms with Crippen LogP contribution in [0.5, 0.6) is 5.75 Å². The number of hydrogen-bond donors (Lipinski definition) is 1. The van der Waals surface area contributed by atoms with Crippen molar-refractivity contribution in [2.24, 2.45) is 0 Å². The first-order valence-corrected chi connectivity index (χ1v) is 12.0. The van der Waals surface area contributed by atoms with Crippen LogP contribution in [0.4, 0.5) is 16.2 Å². The number of carbonyl (C=O) groups excluding carboxylic acids is 3. The lowest BCUT2D eigenvalue weighted by atomic mass is 10.0. The molecule has 1 aliphatic rings. The zero-order valence-electron chi connectivity index (χ0n) is 22.1. The molecule has 1 amide bonds. The predicted molar refractivity (Wildman–Crippen MR) is 140 cm³/mol. The number of rotatable bonds is 8. The van der Waals surface area contributed by atoms with Gasteiger partial charge in [0, 0.05) is 37.2 Å². The molecule has 2 aromatic carbocycles. The van der Waals surface area contributed by atoms with E-state index in [2.05, 4.69) is 5.32 Å². The van der Waals surface area contributed by atoms with Crippen LogP contribution in [0.3, 0.4) is 0 Å². The summed E-state index contributed by atoms with van der Waals surface area (Å²) < 4.78 is 21.8. The number of amides is 1. The van der Waals surface area contributed by atoms with Gasteiger partial charge in [0.15, 0.2) is 0 Å². The third-order valence-corrected chi connectivity index (χ3v) is 5.47. The van der Waals surface area contributed by atoms with Crippen molar-refractivity contribution in [3.63, 3.8) is 0 Å². The molecule has 0 aromatic heterocycles. The Kier molecular flexibility index (Phi) is 8.81. The summed E-state index contributed by atoms with van der Waals surface area (Å²) in [7, 11) is 1.31. The second kappa shape index (κ2) is 11.8. The van der Waals surface area contributed by atoms with E-state index in [4.69, 9.17) is 18.9 Å². The van der Waals surface area contributed by atoms with Crippen LogP contribution in [-0.2, 0) is 30.4 Å². The molecule has 0 spiro atoms. The molecule has 198 valence electrons. The molecule has 37 heavy (non-hydrogen) atoms. The van der Waals surface area contributed by atoms with Gasteiger partial charge in [-0.1, -0.05) is 30.3 Å². The summed E-state index contributed by atoms with van der Waals surface area (Å²) in [6, 6.07) is 13.3. The Morgan fingerprint density at radius 2 is 1.81 bits per heavy atom. The fourth-order valence-electron chi connectivity index (χ4n) is 3.85. The minimum absolute atomic E-state index is 0.0995. The van der Waals surface area contributed by atoms with Gasteiger partial charge in [0.25, 0.3) is 0 Å². The Morgan fingerprint density at radius 1 is 1.11 bits per heavy atom. The van der Waals surface area contributed by atoms with Gasteiger partial charge >= 0.3 is 18.0 Å². The van der Waals surface area contributed by atoms with Crippen molar-refractivity contribution in [2.75, 3.05) is 30.5 Å². The van der Waals surface area contributed by atoms with Crippen LogP contribution < -0.4 is 15.0 Å². The van der Waals surface area contributed by atoms with Gasteiger partial charge in [-0.05, 0) is 44.9 Å². The zero-order chi connectivity index (χ0) is 27.2. The van der Waals surface area contributed by atoms with E-state index in [0.29, 0.717) is 22.8 Å². The lowest BCUT2D eigenvalue weighted by molar-refractivity contribution is -0.141. The number of fused-ring (bicyclic) bond motifs is 1. The fraction of sp³-hybridized carbons (Fsp3) is 0.393. The van der Waals surface area contributed by atoms with E-state index >= 15 is 0 Å². The predicted octanol–water partition coefficient (Wildman–Crippen LogP) is 5.16. The monoisotopic (exact) mass is 510 g/mol. The number of hydrogen-bond acceptors (Lipinski definition) is 8. The third-order valence-electron chi connectivity index (χ3n) is 5.47. The number of esters is 2. The molecule has 0 radical (unpaired) electrons. The smallest absolute Gasteiger partial charge is 0.414 e. The molecule has 1 N–H and O–H groups in total. The van der Waals surface area contributed by atoms with E-state index in [0.717, 1.165) is 11.1 Å². The Hall–Kier alpha value is -4.01. The van der Waals surface area contributed by atoms with Gasteiger partial charge in [-0.25, -0.2) is 9.59 Å². The lowest BCUT2D eigenvalue weighted by Crippen LogP contribution is -2.36. The highest BCUT2D eigenvalue weighted by atomic mass is 16.6. The highest BCUT2D eigenvalue weighted by Gasteiger charge is 2.37. The van der Waals surface area contributed by atoms with E-state index in [1.54, 1.807) is 33.8 Å². The average Bonchev–Trinajstić information content (AvgIpc) is 3.18. The van der Waals surface area contributed by atoms with Gasteiger partial charge in [-0.2, -0.15) is 0 Å². The Morgan fingerprint density at radius 3 is 2.43 bits per heavy atom. The quantitative estimate of drug-likeness (QED) is 0.295. The molecule has 1 aliphatic heterocycles. The summed E-state index contributed by atoms with van der Waals surface area (Å²) in [5.41, 5.74) is 2.80. The minimum atomic E-state index is -0.685. The third kappa shape index (κ3) is 7.73. The lowest BCUT2D eigenvalue weighted by Gasteiger charge is -2.25. The summed E-state index contributed by atoms with van der Waals surface area (Å²) in [4.78, 5) is 37.9. The summed E-state index contributed by atoms with van der Waals surface area (Å²) in [5.74, 6) is -0.709. The van der Waals surface area contributed by atoms with E-state index in [1.165, 1.54) is 25.0 Å². The number of nitrogens with zero attached hydrogens (tertiary/aromatic N) is 1. The largest absolute Gasteiger partial charge is 0.487 e. The number of ether oxygens (including phenoxy) is 4. The van der Waals surface area contributed by atoms with Crippen LogP contribution >= 0.6 is 0 Å². The number of carbonyl (C=O) groups is 3. The molecule has 9 nitrogen and oxygen atoms in total. The topological polar surface area (TPSA) is 103 Å². The standard InChI is InChI=1S/C28H34N2O7/c1-18(12-26(32)34-6)29-23-13-22-21(17-35-19(2)31)15-30(27(33)37-28(3,4)5)24(22)14-25(23)36-16-20-10-8-7-9-11-20/h7-14,21,29H,15-17H2,1-6H3/b18-12+/t21-/m0/s1. The van der Waals surface area contributed by atoms with Crippen LogP contribution in [0.15, 0.2) is 54.2 Å². The van der Waals surface area contributed by atoms with Gasteiger partial charge in [0.1, 0.15) is 18.0 Å². The molecule has 1 heterocycles. The Bertz CT molecular complexity index is 1170. The molecule has 0 fully saturated rings. The molecule has 0 aliphatic carbocycles. The molecule has 0 saturated heterocycles. The first-order valence-electron chi connectivity index (χ1n) is 12.0. The molecular formula is C28H34N2O7. The normalized spacial score (nSPS) is 15.0. The summed E-state index contributed by atoms with van der Waals surface area (Å²) in [5, 5.41) is 3.20. The van der Waals surface area contributed by atoms with Gasteiger partial charge in [-0.3, -0.25) is 9.69 Å². The number of allylic oxidation sites excluding steroid dienone is 1. The maximum atomic E-state index is 13.1. The second-order valence-corrected chi connectivity index (χ2v) is 9.75. The highest BCUT2D eigenvalue weighted by molar-refractivity contribution is 5.93. The molecule has 0 saturated carbocycles. The van der Waals surface area contributed by atoms with Crippen molar-refractivity contribution in [1.82, 2.24) is 0 Å². The van der Waals surface area contributed by atoms with Crippen molar-refractivity contribution in [2.45, 2.75) is 52.7 Å². The SMILES string of the molecule is COC(=O)/C=C(\C)Nc1cc2c(cc1OCc1ccccc1)N(C(=O)OC(C)(C)C)C[C@H]2COC(C)=O. The maximum Gasteiger partial charge on any atom is 0.414 e. The average molecular weight is 511 g/mol. The van der Waals surface area contributed by atoms with Crippen LogP contribution in [-0.4, -0.2) is 43.9 Å². The Labute approximate surface area is 217 Å². The summed E-state index contributed by atoms with van der Waals surface area (Å²) in [6.45, 7) is 9.14. The maximum absolute atomic E-state index is 13.1. The van der Waals surface area contributed by atoms with Crippen molar-refractivity contribution in [3.8, 4) is 5.75 Å². The highest BCUT2D eigenvalue weighted by Crippen LogP contribution is 2.44. The molecule has 3 rings (SSSR count).